The lowest BCUT2D eigenvalue weighted by atomic mass is 10.2. The molecule has 0 unspecified atom stereocenters. The molecule has 0 amide bonds. The normalized spacial score (nSPS) is 10.7. The van der Waals surface area contributed by atoms with Crippen molar-refractivity contribution < 1.29 is 0 Å². The predicted octanol–water partition coefficient (Wildman–Crippen LogP) is 1.32. The van der Waals surface area contributed by atoms with E-state index in [2.05, 4.69) is 20.5 Å². The van der Waals surface area contributed by atoms with E-state index >= 15 is 0 Å². The largest absolute Gasteiger partial charge is 0.368 e. The van der Waals surface area contributed by atoms with Gasteiger partial charge >= 0.3 is 0 Å². The summed E-state index contributed by atoms with van der Waals surface area (Å²) in [6, 6.07) is 10.1. The number of hydrogen-bond acceptors (Lipinski definition) is 5. The third-order valence-electron chi connectivity index (χ3n) is 2.66. The van der Waals surface area contributed by atoms with Gasteiger partial charge in [-0.15, -0.1) is 10.2 Å². The van der Waals surface area contributed by atoms with Gasteiger partial charge in [0.2, 0.25) is 11.6 Å². The molecule has 3 rings (SSSR count). The van der Waals surface area contributed by atoms with Crippen molar-refractivity contribution in [3.05, 3.63) is 48.3 Å². The molecular formula is C12H12N6. The summed E-state index contributed by atoms with van der Waals surface area (Å²) in [5, 5.41) is 11.0. The molecular weight excluding hydrogens is 228 g/mol. The fraction of sp³-hybridized carbons (Fsp3) is 0.0833. The third kappa shape index (κ3) is 1.84. The molecule has 3 aromatic rings. The number of nitrogens with zero attached hydrogens (tertiary/aromatic N) is 4. The van der Waals surface area contributed by atoms with Gasteiger partial charge in [-0.25, -0.2) is 4.98 Å². The Morgan fingerprint density at radius 3 is 2.83 bits per heavy atom. The highest BCUT2D eigenvalue weighted by molar-refractivity contribution is 5.63. The van der Waals surface area contributed by atoms with Gasteiger partial charge in [0.25, 0.3) is 0 Å². The van der Waals surface area contributed by atoms with Crippen molar-refractivity contribution in [1.29, 1.82) is 0 Å². The Hall–Kier alpha value is -2.63. The number of nitrogen functional groups attached to an aromatic ring is 1. The summed E-state index contributed by atoms with van der Waals surface area (Å²) in [4.78, 5) is 4.25. The number of benzene rings is 1. The number of rotatable bonds is 3. The smallest absolute Gasteiger partial charge is 0.226 e. The van der Waals surface area contributed by atoms with Gasteiger partial charge in [-0.1, -0.05) is 30.3 Å². The summed E-state index contributed by atoms with van der Waals surface area (Å²) < 4.78 is 1.69. The Morgan fingerprint density at radius 1 is 1.17 bits per heavy atom. The maximum atomic E-state index is 5.69. The number of fused-ring (bicyclic) bond motifs is 1. The number of nitrogens with one attached hydrogen (secondary N) is 1. The summed E-state index contributed by atoms with van der Waals surface area (Å²) in [5.74, 6) is 1.03. The Balaban J connectivity index is 1.87. The van der Waals surface area contributed by atoms with Crippen molar-refractivity contribution in [2.75, 3.05) is 11.1 Å². The van der Waals surface area contributed by atoms with Gasteiger partial charge in [0.1, 0.15) is 0 Å². The standard InChI is InChI=1S/C12H12N6/c13-12-17-16-11-10(14-6-7-18(11)12)15-8-9-4-2-1-3-5-9/h1-7H,8H2,(H2,13,17)(H,14,15). The summed E-state index contributed by atoms with van der Waals surface area (Å²) in [6.07, 6.45) is 3.40. The molecule has 0 saturated carbocycles. The molecule has 0 fully saturated rings. The summed E-state index contributed by atoms with van der Waals surface area (Å²) in [6.45, 7) is 0.681. The Morgan fingerprint density at radius 2 is 2.00 bits per heavy atom. The zero-order chi connectivity index (χ0) is 12.4. The SMILES string of the molecule is Nc1nnc2c(NCc3ccccc3)nccn12. The molecule has 0 aliphatic rings. The van der Waals surface area contributed by atoms with E-state index in [1.54, 1.807) is 16.8 Å². The van der Waals surface area contributed by atoms with Crippen molar-refractivity contribution >= 4 is 17.4 Å². The molecule has 6 nitrogen and oxygen atoms in total. The molecule has 2 aromatic heterocycles. The first-order valence-corrected chi connectivity index (χ1v) is 5.57. The fourth-order valence-corrected chi connectivity index (χ4v) is 1.75. The van der Waals surface area contributed by atoms with Gasteiger partial charge in [-0.2, -0.15) is 0 Å². The quantitative estimate of drug-likeness (QED) is 0.721. The minimum absolute atomic E-state index is 0.357. The molecule has 1 aromatic carbocycles. The van der Waals surface area contributed by atoms with Gasteiger partial charge < -0.3 is 11.1 Å². The van der Waals surface area contributed by atoms with Crippen molar-refractivity contribution in [3.8, 4) is 0 Å². The molecule has 2 heterocycles. The summed E-state index contributed by atoms with van der Waals surface area (Å²) in [7, 11) is 0. The van der Waals surface area contributed by atoms with Crippen LogP contribution in [0.1, 0.15) is 5.56 Å². The van der Waals surface area contributed by atoms with Crippen molar-refractivity contribution in [2.45, 2.75) is 6.54 Å². The first kappa shape index (κ1) is 10.5. The Kier molecular flexibility index (Phi) is 2.53. The monoisotopic (exact) mass is 240 g/mol. The van der Waals surface area contributed by atoms with Gasteiger partial charge in [-0.3, -0.25) is 4.40 Å². The lowest BCUT2D eigenvalue weighted by Crippen LogP contribution is -2.04. The van der Waals surface area contributed by atoms with Crippen LogP contribution in [-0.4, -0.2) is 19.6 Å². The minimum Gasteiger partial charge on any atom is -0.368 e. The first-order valence-electron chi connectivity index (χ1n) is 5.57. The highest BCUT2D eigenvalue weighted by Gasteiger charge is 2.07. The molecule has 90 valence electrons. The Bertz CT molecular complexity index is 661. The van der Waals surface area contributed by atoms with E-state index in [9.17, 15) is 0 Å². The van der Waals surface area contributed by atoms with Gasteiger partial charge in [-0.05, 0) is 5.56 Å². The molecule has 0 saturated heterocycles. The van der Waals surface area contributed by atoms with Crippen LogP contribution in [0.15, 0.2) is 42.7 Å². The maximum absolute atomic E-state index is 5.69. The molecule has 0 aliphatic carbocycles. The van der Waals surface area contributed by atoms with E-state index in [1.165, 1.54) is 5.56 Å². The number of aromatic nitrogens is 4. The average molecular weight is 240 g/mol. The molecule has 0 spiro atoms. The average Bonchev–Trinajstić information content (AvgIpc) is 2.80. The second kappa shape index (κ2) is 4.33. The van der Waals surface area contributed by atoms with E-state index in [0.717, 1.165) is 0 Å². The topological polar surface area (TPSA) is 81.1 Å². The van der Waals surface area contributed by atoms with Crippen LogP contribution in [-0.2, 0) is 6.54 Å². The zero-order valence-corrected chi connectivity index (χ0v) is 9.61. The van der Waals surface area contributed by atoms with Crippen molar-refractivity contribution in [3.63, 3.8) is 0 Å². The van der Waals surface area contributed by atoms with Crippen LogP contribution in [0.4, 0.5) is 11.8 Å². The lowest BCUT2D eigenvalue weighted by Gasteiger charge is -2.06. The molecule has 3 N–H and O–H groups in total. The summed E-state index contributed by atoms with van der Waals surface area (Å²) in [5.41, 5.74) is 7.49. The predicted molar refractivity (Wildman–Crippen MR) is 69.0 cm³/mol. The molecule has 0 bridgehead atoms. The first-order chi connectivity index (χ1) is 8.84. The van der Waals surface area contributed by atoms with E-state index in [-0.39, 0.29) is 0 Å². The second-order valence-corrected chi connectivity index (χ2v) is 3.87. The molecule has 0 radical (unpaired) electrons. The number of nitrogens with two attached hydrogens (primary N) is 1. The highest BCUT2D eigenvalue weighted by atomic mass is 15.3. The van der Waals surface area contributed by atoms with Crippen molar-refractivity contribution in [1.82, 2.24) is 19.6 Å². The van der Waals surface area contributed by atoms with Crippen molar-refractivity contribution in [2.24, 2.45) is 0 Å². The van der Waals surface area contributed by atoms with Gasteiger partial charge in [0.05, 0.1) is 0 Å². The van der Waals surface area contributed by atoms with Crippen LogP contribution in [0.25, 0.3) is 5.65 Å². The number of anilines is 2. The van der Waals surface area contributed by atoms with Gasteiger partial charge in [0, 0.05) is 18.9 Å². The van der Waals surface area contributed by atoms with Crippen LogP contribution >= 0.6 is 0 Å². The van der Waals surface area contributed by atoms with E-state index in [0.29, 0.717) is 24.0 Å². The number of hydrogen-bond donors (Lipinski definition) is 2. The van der Waals surface area contributed by atoms with Gasteiger partial charge in [0.15, 0.2) is 5.82 Å². The van der Waals surface area contributed by atoms with E-state index in [4.69, 9.17) is 5.73 Å². The van der Waals surface area contributed by atoms with E-state index in [1.807, 2.05) is 30.3 Å². The van der Waals surface area contributed by atoms with Crippen LogP contribution in [0.3, 0.4) is 0 Å². The molecule has 0 atom stereocenters. The summed E-state index contributed by atoms with van der Waals surface area (Å²) >= 11 is 0. The molecule has 6 heteroatoms. The molecule has 18 heavy (non-hydrogen) atoms. The lowest BCUT2D eigenvalue weighted by molar-refractivity contribution is 1.07. The Labute approximate surface area is 103 Å². The second-order valence-electron chi connectivity index (χ2n) is 3.87. The van der Waals surface area contributed by atoms with E-state index < -0.39 is 0 Å². The fourth-order valence-electron chi connectivity index (χ4n) is 1.75. The van der Waals surface area contributed by atoms with Crippen LogP contribution in [0, 0.1) is 0 Å². The highest BCUT2D eigenvalue weighted by Crippen LogP contribution is 2.14. The third-order valence-corrected chi connectivity index (χ3v) is 2.66. The maximum Gasteiger partial charge on any atom is 0.226 e. The molecule has 0 aliphatic heterocycles. The van der Waals surface area contributed by atoms with Crippen LogP contribution in [0.5, 0.6) is 0 Å². The van der Waals surface area contributed by atoms with Crippen LogP contribution < -0.4 is 11.1 Å². The van der Waals surface area contributed by atoms with Crippen LogP contribution in [0.2, 0.25) is 0 Å². The zero-order valence-electron chi connectivity index (χ0n) is 9.61. The minimum atomic E-state index is 0.357.